The number of hydrogen-bond acceptors (Lipinski definition) is 5. The van der Waals surface area contributed by atoms with E-state index in [-0.39, 0.29) is 33.8 Å². The lowest BCUT2D eigenvalue weighted by molar-refractivity contribution is 0.0978. The summed E-state index contributed by atoms with van der Waals surface area (Å²) in [4.78, 5) is 27.0. The fraction of sp³-hybridized carbons (Fsp3) is 0. The zero-order chi connectivity index (χ0) is 21.4. The Hall–Kier alpha value is -4.38. The third kappa shape index (κ3) is 3.22. The predicted octanol–water partition coefficient (Wildman–Crippen LogP) is 5.65. The van der Waals surface area contributed by atoms with E-state index in [0.29, 0.717) is 11.4 Å². The second kappa shape index (κ2) is 7.46. The van der Waals surface area contributed by atoms with Gasteiger partial charge in [-0.2, -0.15) is 0 Å². The van der Waals surface area contributed by atoms with Gasteiger partial charge in [-0.25, -0.2) is 0 Å². The molecule has 0 radical (unpaired) electrons. The number of hydrogen-bond donors (Lipinski definition) is 3. The molecule has 0 amide bonds. The molecule has 0 atom stereocenters. The molecule has 1 aliphatic rings. The number of carbonyl (C=O) groups is 2. The summed E-state index contributed by atoms with van der Waals surface area (Å²) in [6.07, 6.45) is 0. The van der Waals surface area contributed by atoms with Crippen molar-refractivity contribution in [2.75, 3.05) is 10.6 Å². The SMILES string of the molecule is O=C1c2cccc(O)c2C(=O)c2c(Nc3ccccc3)ccc(Nc3ccccc3)c21. The molecule has 0 bridgehead atoms. The number of para-hydroxylation sites is 2. The van der Waals surface area contributed by atoms with Gasteiger partial charge in [-0.05, 0) is 42.5 Å². The van der Waals surface area contributed by atoms with Crippen LogP contribution in [0.25, 0.3) is 0 Å². The largest absolute Gasteiger partial charge is 0.507 e. The quantitative estimate of drug-likeness (QED) is 0.359. The zero-order valence-corrected chi connectivity index (χ0v) is 16.4. The highest BCUT2D eigenvalue weighted by Gasteiger charge is 2.36. The monoisotopic (exact) mass is 406 g/mol. The molecule has 0 fully saturated rings. The number of fused-ring (bicyclic) bond motifs is 2. The van der Waals surface area contributed by atoms with Crippen molar-refractivity contribution in [3.63, 3.8) is 0 Å². The van der Waals surface area contributed by atoms with Crippen molar-refractivity contribution in [2.45, 2.75) is 0 Å². The van der Waals surface area contributed by atoms with Crippen molar-refractivity contribution in [2.24, 2.45) is 0 Å². The van der Waals surface area contributed by atoms with Crippen molar-refractivity contribution in [3.8, 4) is 5.75 Å². The van der Waals surface area contributed by atoms with Crippen LogP contribution in [0.3, 0.4) is 0 Å². The predicted molar refractivity (Wildman–Crippen MR) is 121 cm³/mol. The normalized spacial score (nSPS) is 12.1. The van der Waals surface area contributed by atoms with Crippen LogP contribution < -0.4 is 10.6 Å². The summed E-state index contributed by atoms with van der Waals surface area (Å²) < 4.78 is 0. The maximum absolute atomic E-state index is 13.5. The van der Waals surface area contributed by atoms with E-state index in [0.717, 1.165) is 11.4 Å². The number of rotatable bonds is 4. The fourth-order valence-electron chi connectivity index (χ4n) is 3.86. The number of anilines is 4. The second-order valence-electron chi connectivity index (χ2n) is 7.25. The third-order valence-electron chi connectivity index (χ3n) is 5.28. The topological polar surface area (TPSA) is 78.4 Å². The van der Waals surface area contributed by atoms with Crippen LogP contribution in [0.15, 0.2) is 91.0 Å². The Kier molecular flexibility index (Phi) is 4.49. The second-order valence-corrected chi connectivity index (χ2v) is 7.25. The van der Waals surface area contributed by atoms with Gasteiger partial charge in [-0.1, -0.05) is 48.5 Å². The smallest absolute Gasteiger partial charge is 0.200 e. The Labute approximate surface area is 179 Å². The van der Waals surface area contributed by atoms with Crippen LogP contribution in [0.1, 0.15) is 31.8 Å². The molecule has 31 heavy (non-hydrogen) atoms. The minimum Gasteiger partial charge on any atom is -0.507 e. The van der Waals surface area contributed by atoms with Gasteiger partial charge in [0.25, 0.3) is 0 Å². The van der Waals surface area contributed by atoms with Crippen molar-refractivity contribution in [1.82, 2.24) is 0 Å². The van der Waals surface area contributed by atoms with Crippen LogP contribution in [-0.2, 0) is 0 Å². The van der Waals surface area contributed by atoms with E-state index in [1.807, 2.05) is 60.7 Å². The molecule has 0 unspecified atom stereocenters. The summed E-state index contributed by atoms with van der Waals surface area (Å²) in [7, 11) is 0. The van der Waals surface area contributed by atoms with Gasteiger partial charge in [-0.15, -0.1) is 0 Å². The summed E-state index contributed by atoms with van der Waals surface area (Å²) >= 11 is 0. The lowest BCUT2D eigenvalue weighted by Crippen LogP contribution is -2.23. The van der Waals surface area contributed by atoms with Crippen LogP contribution in [0.4, 0.5) is 22.7 Å². The lowest BCUT2D eigenvalue weighted by atomic mass is 9.81. The standard InChI is InChI=1S/C26H18N2O3/c29-21-13-7-12-18-22(21)26(31)24-20(28-17-10-5-2-6-11-17)15-14-19(23(24)25(18)30)27-16-8-3-1-4-9-16/h1-15,27-29H. The van der Waals surface area contributed by atoms with Crippen LogP contribution in [0.2, 0.25) is 0 Å². The lowest BCUT2D eigenvalue weighted by Gasteiger charge is -2.24. The Bertz CT molecular complexity index is 1320. The zero-order valence-electron chi connectivity index (χ0n) is 16.4. The highest BCUT2D eigenvalue weighted by Crippen LogP contribution is 2.40. The first-order chi connectivity index (χ1) is 15.1. The molecule has 5 rings (SSSR count). The van der Waals surface area contributed by atoms with Gasteiger partial charge < -0.3 is 15.7 Å². The molecule has 4 aromatic carbocycles. The van der Waals surface area contributed by atoms with Crippen LogP contribution >= 0.6 is 0 Å². The molecule has 5 nitrogen and oxygen atoms in total. The van der Waals surface area contributed by atoms with Crippen LogP contribution in [0, 0.1) is 0 Å². The molecule has 0 saturated heterocycles. The molecule has 0 aliphatic heterocycles. The van der Waals surface area contributed by atoms with Crippen molar-refractivity contribution in [3.05, 3.63) is 113 Å². The van der Waals surface area contributed by atoms with Crippen molar-refractivity contribution in [1.29, 1.82) is 0 Å². The van der Waals surface area contributed by atoms with Gasteiger partial charge in [0, 0.05) is 16.9 Å². The summed E-state index contributed by atoms with van der Waals surface area (Å²) in [6.45, 7) is 0. The highest BCUT2D eigenvalue weighted by atomic mass is 16.3. The molecule has 3 N–H and O–H groups in total. The van der Waals surface area contributed by atoms with Gasteiger partial charge in [0.2, 0.25) is 0 Å². The van der Waals surface area contributed by atoms with Gasteiger partial charge in [0.05, 0.1) is 28.1 Å². The van der Waals surface area contributed by atoms with Crippen molar-refractivity contribution >= 4 is 34.3 Å². The minimum atomic E-state index is -0.391. The van der Waals surface area contributed by atoms with Crippen LogP contribution in [-0.4, -0.2) is 16.7 Å². The number of phenols is 1. The molecular formula is C26H18N2O3. The van der Waals surface area contributed by atoms with E-state index in [2.05, 4.69) is 10.6 Å². The molecule has 0 saturated carbocycles. The van der Waals surface area contributed by atoms with Gasteiger partial charge in [-0.3, -0.25) is 9.59 Å². The average molecular weight is 406 g/mol. The van der Waals surface area contributed by atoms with E-state index in [1.54, 1.807) is 24.3 Å². The molecule has 0 spiro atoms. The molecule has 1 aliphatic carbocycles. The van der Waals surface area contributed by atoms with E-state index < -0.39 is 5.78 Å². The molecule has 0 heterocycles. The Morgan fingerprint density at radius 3 is 1.58 bits per heavy atom. The molecule has 150 valence electrons. The third-order valence-corrected chi connectivity index (χ3v) is 5.28. The first kappa shape index (κ1) is 18.6. The van der Waals surface area contributed by atoms with Gasteiger partial charge >= 0.3 is 0 Å². The summed E-state index contributed by atoms with van der Waals surface area (Å²) in [6, 6.07) is 27.0. The Balaban J connectivity index is 1.71. The molecular weight excluding hydrogens is 388 g/mol. The fourth-order valence-corrected chi connectivity index (χ4v) is 3.86. The number of phenolic OH excluding ortho intramolecular Hbond substituents is 1. The van der Waals surface area contributed by atoms with Crippen LogP contribution in [0.5, 0.6) is 5.75 Å². The first-order valence-electron chi connectivity index (χ1n) is 9.86. The maximum Gasteiger partial charge on any atom is 0.200 e. The van der Waals surface area contributed by atoms with Gasteiger partial charge in [0.1, 0.15) is 5.75 Å². The first-order valence-corrected chi connectivity index (χ1v) is 9.86. The number of nitrogens with one attached hydrogen (secondary N) is 2. The summed E-state index contributed by atoms with van der Waals surface area (Å²) in [5, 5.41) is 16.8. The Morgan fingerprint density at radius 1 is 0.516 bits per heavy atom. The maximum atomic E-state index is 13.5. The number of carbonyl (C=O) groups excluding carboxylic acids is 2. The number of ketones is 2. The van der Waals surface area contributed by atoms with E-state index in [4.69, 9.17) is 0 Å². The summed E-state index contributed by atoms with van der Waals surface area (Å²) in [5.41, 5.74) is 3.39. The molecule has 0 aromatic heterocycles. The minimum absolute atomic E-state index is 0.0352. The van der Waals surface area contributed by atoms with E-state index >= 15 is 0 Å². The average Bonchev–Trinajstić information content (AvgIpc) is 2.79. The highest BCUT2D eigenvalue weighted by molar-refractivity contribution is 6.32. The molecule has 4 aromatic rings. The number of aromatic hydroxyl groups is 1. The summed E-state index contributed by atoms with van der Waals surface area (Å²) in [5.74, 6) is -0.901. The molecule has 5 heteroatoms. The Morgan fingerprint density at radius 2 is 1.03 bits per heavy atom. The van der Waals surface area contributed by atoms with E-state index in [1.165, 1.54) is 6.07 Å². The van der Waals surface area contributed by atoms with E-state index in [9.17, 15) is 14.7 Å². The number of benzene rings is 4. The van der Waals surface area contributed by atoms with Crippen molar-refractivity contribution < 1.29 is 14.7 Å². The van der Waals surface area contributed by atoms with Gasteiger partial charge in [0.15, 0.2) is 11.6 Å².